The Balaban J connectivity index is 1.24. The zero-order chi connectivity index (χ0) is 24.2. The first-order chi connectivity index (χ1) is 17.1. The van der Waals surface area contributed by atoms with E-state index >= 15 is 0 Å². The highest BCUT2D eigenvalue weighted by Crippen LogP contribution is 2.31. The Morgan fingerprint density at radius 2 is 1.74 bits per heavy atom. The standard InChI is InChI=1S/C27H23ClN4O2S/c28-25-8-7-24(35-25)26(33)31-23-6-2-5-21-22(23)17-32(27(21)34)16-20-4-1-3-19(13-20)15-30-14-18-9-11-29-12-10-18/h1-13,30H,14-17H2,(H,31,33). The molecule has 0 spiro atoms. The summed E-state index contributed by atoms with van der Waals surface area (Å²) in [7, 11) is 0. The number of halogens is 1. The lowest BCUT2D eigenvalue weighted by molar-refractivity contribution is 0.0766. The van der Waals surface area contributed by atoms with E-state index in [0.29, 0.717) is 33.6 Å². The maximum Gasteiger partial charge on any atom is 0.265 e. The van der Waals surface area contributed by atoms with E-state index in [9.17, 15) is 9.59 Å². The van der Waals surface area contributed by atoms with Crippen molar-refractivity contribution >= 4 is 40.4 Å². The van der Waals surface area contributed by atoms with Crippen LogP contribution in [0.4, 0.5) is 5.69 Å². The van der Waals surface area contributed by atoms with Gasteiger partial charge in [-0.1, -0.05) is 41.9 Å². The monoisotopic (exact) mass is 502 g/mol. The van der Waals surface area contributed by atoms with Crippen molar-refractivity contribution in [2.75, 3.05) is 5.32 Å². The number of pyridine rings is 1. The number of hydrogen-bond acceptors (Lipinski definition) is 5. The summed E-state index contributed by atoms with van der Waals surface area (Å²) in [5.74, 6) is -0.260. The topological polar surface area (TPSA) is 74.3 Å². The van der Waals surface area contributed by atoms with Crippen LogP contribution in [0.15, 0.2) is 79.1 Å². The molecular formula is C27H23ClN4O2S. The van der Waals surface area contributed by atoms with Crippen LogP contribution in [0.1, 0.15) is 42.3 Å². The van der Waals surface area contributed by atoms with Gasteiger partial charge in [-0.2, -0.15) is 0 Å². The first-order valence-corrected chi connectivity index (χ1v) is 12.4. The molecule has 6 nitrogen and oxygen atoms in total. The van der Waals surface area contributed by atoms with Crippen molar-refractivity contribution in [1.29, 1.82) is 0 Å². The van der Waals surface area contributed by atoms with E-state index in [0.717, 1.165) is 29.8 Å². The Bertz CT molecular complexity index is 1370. The van der Waals surface area contributed by atoms with Gasteiger partial charge in [0.05, 0.1) is 9.21 Å². The molecule has 2 aromatic heterocycles. The number of fused-ring (bicyclic) bond motifs is 1. The van der Waals surface area contributed by atoms with Gasteiger partial charge in [-0.05, 0) is 53.1 Å². The molecule has 0 saturated carbocycles. The quantitative estimate of drug-likeness (QED) is 0.334. The summed E-state index contributed by atoms with van der Waals surface area (Å²) in [6.07, 6.45) is 3.58. The van der Waals surface area contributed by atoms with Crippen LogP contribution < -0.4 is 10.6 Å². The van der Waals surface area contributed by atoms with Crippen LogP contribution in [0.3, 0.4) is 0 Å². The molecule has 0 bridgehead atoms. The zero-order valence-corrected chi connectivity index (χ0v) is 20.4. The van der Waals surface area contributed by atoms with Crippen LogP contribution >= 0.6 is 22.9 Å². The van der Waals surface area contributed by atoms with Gasteiger partial charge >= 0.3 is 0 Å². The number of carbonyl (C=O) groups is 2. The number of nitrogens with one attached hydrogen (secondary N) is 2. The van der Waals surface area contributed by atoms with Crippen LogP contribution in [0.5, 0.6) is 0 Å². The van der Waals surface area contributed by atoms with E-state index in [1.807, 2.05) is 41.3 Å². The predicted octanol–water partition coefficient (Wildman–Crippen LogP) is 5.49. The van der Waals surface area contributed by atoms with Crippen molar-refractivity contribution in [3.8, 4) is 0 Å². The smallest absolute Gasteiger partial charge is 0.265 e. The van der Waals surface area contributed by atoms with Gasteiger partial charge in [-0.15, -0.1) is 11.3 Å². The third kappa shape index (κ3) is 5.43. The first-order valence-electron chi connectivity index (χ1n) is 11.2. The van der Waals surface area contributed by atoms with E-state index in [-0.39, 0.29) is 11.8 Å². The van der Waals surface area contributed by atoms with Crippen molar-refractivity contribution in [3.63, 3.8) is 0 Å². The number of nitrogens with zero attached hydrogens (tertiary/aromatic N) is 2. The number of carbonyl (C=O) groups excluding carboxylic acids is 2. The van der Waals surface area contributed by atoms with Gasteiger partial charge in [0.25, 0.3) is 11.8 Å². The fourth-order valence-corrected chi connectivity index (χ4v) is 5.10. The second kappa shape index (κ2) is 10.4. The summed E-state index contributed by atoms with van der Waals surface area (Å²) in [5.41, 5.74) is 5.52. The Labute approximate surface area is 212 Å². The molecule has 0 radical (unpaired) electrons. The molecule has 8 heteroatoms. The summed E-state index contributed by atoms with van der Waals surface area (Å²) < 4.78 is 0.560. The highest BCUT2D eigenvalue weighted by Gasteiger charge is 2.30. The van der Waals surface area contributed by atoms with Crippen molar-refractivity contribution in [3.05, 3.63) is 116 Å². The summed E-state index contributed by atoms with van der Waals surface area (Å²) in [5, 5.41) is 6.39. The SMILES string of the molecule is O=C(Nc1cccc2c1CN(Cc1cccc(CNCc3ccncc3)c1)C2=O)c1ccc(Cl)s1. The molecule has 0 atom stereocenters. The maximum atomic E-state index is 13.1. The van der Waals surface area contributed by atoms with Crippen molar-refractivity contribution in [1.82, 2.24) is 15.2 Å². The lowest BCUT2D eigenvalue weighted by atomic mass is 10.1. The van der Waals surface area contributed by atoms with E-state index in [4.69, 9.17) is 11.6 Å². The van der Waals surface area contributed by atoms with Crippen molar-refractivity contribution in [2.24, 2.45) is 0 Å². The van der Waals surface area contributed by atoms with Crippen molar-refractivity contribution < 1.29 is 9.59 Å². The van der Waals surface area contributed by atoms with Gasteiger partial charge < -0.3 is 15.5 Å². The van der Waals surface area contributed by atoms with Crippen LogP contribution in [-0.4, -0.2) is 21.7 Å². The largest absolute Gasteiger partial charge is 0.330 e. The molecule has 2 N–H and O–H groups in total. The fraction of sp³-hybridized carbons (Fsp3) is 0.148. The summed E-state index contributed by atoms with van der Waals surface area (Å²) >= 11 is 7.19. The number of thiophene rings is 1. The highest BCUT2D eigenvalue weighted by atomic mass is 35.5. The Morgan fingerprint density at radius 1 is 0.971 bits per heavy atom. The molecule has 0 fully saturated rings. The highest BCUT2D eigenvalue weighted by molar-refractivity contribution is 7.18. The van der Waals surface area contributed by atoms with E-state index in [1.54, 1.807) is 30.6 Å². The minimum Gasteiger partial charge on any atom is -0.330 e. The van der Waals surface area contributed by atoms with Crippen LogP contribution in [-0.2, 0) is 26.2 Å². The number of benzene rings is 2. The van der Waals surface area contributed by atoms with E-state index in [1.165, 1.54) is 16.9 Å². The van der Waals surface area contributed by atoms with E-state index in [2.05, 4.69) is 27.8 Å². The first kappa shape index (κ1) is 23.2. The number of aromatic nitrogens is 1. The molecule has 35 heavy (non-hydrogen) atoms. The zero-order valence-electron chi connectivity index (χ0n) is 18.8. The molecule has 4 aromatic rings. The summed E-state index contributed by atoms with van der Waals surface area (Å²) in [6, 6.07) is 21.1. The predicted molar refractivity (Wildman–Crippen MR) is 139 cm³/mol. The fourth-order valence-electron chi connectivity index (χ4n) is 4.17. The third-order valence-electron chi connectivity index (χ3n) is 5.86. The molecule has 2 amide bonds. The molecule has 1 aliphatic rings. The maximum absolute atomic E-state index is 13.1. The lowest BCUT2D eigenvalue weighted by Gasteiger charge is -2.17. The molecule has 3 heterocycles. The van der Waals surface area contributed by atoms with Crippen molar-refractivity contribution in [2.45, 2.75) is 26.2 Å². The van der Waals surface area contributed by atoms with Gasteiger partial charge in [0.1, 0.15) is 0 Å². The third-order valence-corrected chi connectivity index (χ3v) is 7.09. The van der Waals surface area contributed by atoms with Gasteiger partial charge in [0.2, 0.25) is 0 Å². The molecule has 2 aromatic carbocycles. The molecule has 0 saturated heterocycles. The Kier molecular flexibility index (Phi) is 6.90. The molecular weight excluding hydrogens is 480 g/mol. The van der Waals surface area contributed by atoms with E-state index < -0.39 is 0 Å². The number of hydrogen-bond donors (Lipinski definition) is 2. The van der Waals surface area contributed by atoms with Gasteiger partial charge in [-0.25, -0.2) is 0 Å². The van der Waals surface area contributed by atoms with Crippen LogP contribution in [0, 0.1) is 0 Å². The molecule has 5 rings (SSSR count). The summed E-state index contributed by atoms with van der Waals surface area (Å²) in [4.78, 5) is 32.1. The molecule has 0 aliphatic carbocycles. The van der Waals surface area contributed by atoms with Gasteiger partial charge in [-0.3, -0.25) is 14.6 Å². The molecule has 176 valence electrons. The Morgan fingerprint density at radius 3 is 2.54 bits per heavy atom. The minimum atomic E-state index is -0.229. The Hall–Kier alpha value is -3.52. The normalized spacial score (nSPS) is 12.6. The lowest BCUT2D eigenvalue weighted by Crippen LogP contribution is -2.23. The molecule has 0 unspecified atom stereocenters. The summed E-state index contributed by atoms with van der Waals surface area (Å²) in [6.45, 7) is 2.44. The average molecular weight is 503 g/mol. The number of rotatable bonds is 8. The molecule has 1 aliphatic heterocycles. The van der Waals surface area contributed by atoms with Gasteiger partial charge in [0.15, 0.2) is 0 Å². The number of amides is 2. The van der Waals surface area contributed by atoms with Gasteiger partial charge in [0, 0.05) is 55.4 Å². The number of anilines is 1. The second-order valence-corrected chi connectivity index (χ2v) is 10.0. The average Bonchev–Trinajstić information content (AvgIpc) is 3.44. The van der Waals surface area contributed by atoms with Crippen LogP contribution in [0.25, 0.3) is 0 Å². The second-order valence-electron chi connectivity index (χ2n) is 8.33. The minimum absolute atomic E-state index is 0.0310. The van der Waals surface area contributed by atoms with Crippen LogP contribution in [0.2, 0.25) is 4.34 Å².